The summed E-state index contributed by atoms with van der Waals surface area (Å²) in [6, 6.07) is 4.56. The second-order valence-electron chi connectivity index (χ2n) is 3.02. The van der Waals surface area contributed by atoms with Crippen LogP contribution in [0.4, 0.5) is 5.82 Å². The van der Waals surface area contributed by atoms with Gasteiger partial charge >= 0.3 is 5.97 Å². The summed E-state index contributed by atoms with van der Waals surface area (Å²) in [5, 5.41) is 14.0. The lowest BCUT2D eigenvalue weighted by Gasteiger charge is -2.05. The van der Waals surface area contributed by atoms with E-state index in [1.165, 1.54) is 6.07 Å². The zero-order valence-electron chi connectivity index (χ0n) is 8.86. The standard InChI is InChI=1S/C10H13N3O3/c1-2-11-9(14)6-12-8-5-3-4-7(13-8)10(15)16/h3-5H,2,6H2,1H3,(H,11,14)(H,12,13)(H,15,16). The van der Waals surface area contributed by atoms with Crippen LogP contribution in [0.15, 0.2) is 18.2 Å². The SMILES string of the molecule is CCNC(=O)CNc1cccc(C(=O)O)n1. The highest BCUT2D eigenvalue weighted by Gasteiger charge is 2.05. The molecule has 1 amide bonds. The van der Waals surface area contributed by atoms with Crippen molar-refractivity contribution in [2.75, 3.05) is 18.4 Å². The third kappa shape index (κ3) is 3.56. The van der Waals surface area contributed by atoms with Gasteiger partial charge in [-0.1, -0.05) is 6.07 Å². The highest BCUT2D eigenvalue weighted by atomic mass is 16.4. The molecule has 1 heterocycles. The number of carboxylic acids is 1. The summed E-state index contributed by atoms with van der Waals surface area (Å²) in [5.41, 5.74) is -0.0547. The number of carboxylic acid groups (broad SMARTS) is 1. The van der Waals surface area contributed by atoms with E-state index in [9.17, 15) is 9.59 Å². The van der Waals surface area contributed by atoms with Crippen LogP contribution < -0.4 is 10.6 Å². The number of likely N-dealkylation sites (N-methyl/N-ethyl adjacent to an activating group) is 1. The Morgan fingerprint density at radius 2 is 2.19 bits per heavy atom. The van der Waals surface area contributed by atoms with Gasteiger partial charge in [-0.25, -0.2) is 9.78 Å². The maximum absolute atomic E-state index is 11.1. The normalized spacial score (nSPS) is 9.56. The molecule has 3 N–H and O–H groups in total. The summed E-state index contributed by atoms with van der Waals surface area (Å²) in [5.74, 6) is -0.891. The minimum Gasteiger partial charge on any atom is -0.477 e. The van der Waals surface area contributed by atoms with Crippen LogP contribution in [0.2, 0.25) is 0 Å². The second kappa shape index (κ2) is 5.69. The van der Waals surface area contributed by atoms with Crippen LogP contribution in [0.5, 0.6) is 0 Å². The number of rotatable bonds is 5. The van der Waals surface area contributed by atoms with Gasteiger partial charge < -0.3 is 15.7 Å². The van der Waals surface area contributed by atoms with Crippen molar-refractivity contribution >= 4 is 17.7 Å². The quantitative estimate of drug-likeness (QED) is 0.669. The molecule has 16 heavy (non-hydrogen) atoms. The minimum absolute atomic E-state index is 0.0547. The van der Waals surface area contributed by atoms with Crippen LogP contribution in [0.1, 0.15) is 17.4 Å². The minimum atomic E-state index is -1.10. The number of nitrogens with one attached hydrogen (secondary N) is 2. The van der Waals surface area contributed by atoms with E-state index >= 15 is 0 Å². The Balaban J connectivity index is 2.57. The molecule has 1 aromatic heterocycles. The van der Waals surface area contributed by atoms with Gasteiger partial charge in [0, 0.05) is 6.54 Å². The van der Waals surface area contributed by atoms with Crippen LogP contribution in [0.3, 0.4) is 0 Å². The monoisotopic (exact) mass is 223 g/mol. The van der Waals surface area contributed by atoms with Crippen LogP contribution >= 0.6 is 0 Å². The van der Waals surface area contributed by atoms with E-state index in [1.54, 1.807) is 12.1 Å². The molecule has 0 fully saturated rings. The van der Waals surface area contributed by atoms with Gasteiger partial charge in [0.25, 0.3) is 0 Å². The fourth-order valence-electron chi connectivity index (χ4n) is 1.08. The zero-order valence-corrected chi connectivity index (χ0v) is 8.86. The fraction of sp³-hybridized carbons (Fsp3) is 0.300. The van der Waals surface area contributed by atoms with E-state index in [0.717, 1.165) is 0 Å². The summed E-state index contributed by atoms with van der Waals surface area (Å²) in [6.45, 7) is 2.45. The number of amides is 1. The predicted molar refractivity (Wildman–Crippen MR) is 58.4 cm³/mol. The number of carbonyl (C=O) groups excluding carboxylic acids is 1. The number of nitrogens with zero attached hydrogens (tertiary/aromatic N) is 1. The van der Waals surface area contributed by atoms with Crippen LogP contribution in [-0.4, -0.2) is 35.1 Å². The number of aromatic nitrogens is 1. The molecule has 0 aliphatic rings. The lowest BCUT2D eigenvalue weighted by Crippen LogP contribution is -2.29. The summed E-state index contributed by atoms with van der Waals surface area (Å²) in [4.78, 5) is 25.6. The summed E-state index contributed by atoms with van der Waals surface area (Å²) < 4.78 is 0. The van der Waals surface area contributed by atoms with Gasteiger partial charge in [0.05, 0.1) is 6.54 Å². The van der Waals surface area contributed by atoms with Gasteiger partial charge in [-0.05, 0) is 19.1 Å². The lowest BCUT2D eigenvalue weighted by atomic mass is 10.3. The van der Waals surface area contributed by atoms with E-state index in [4.69, 9.17) is 5.11 Å². The molecule has 0 saturated heterocycles. The van der Waals surface area contributed by atoms with E-state index in [1.807, 2.05) is 6.92 Å². The average molecular weight is 223 g/mol. The van der Waals surface area contributed by atoms with Gasteiger partial charge in [-0.3, -0.25) is 4.79 Å². The first-order valence-corrected chi connectivity index (χ1v) is 4.84. The first kappa shape index (κ1) is 12.0. The van der Waals surface area contributed by atoms with Gasteiger partial charge in [0.15, 0.2) is 5.69 Å². The van der Waals surface area contributed by atoms with E-state index < -0.39 is 5.97 Å². The summed E-state index contributed by atoms with van der Waals surface area (Å²) >= 11 is 0. The van der Waals surface area contributed by atoms with Crippen molar-refractivity contribution in [1.29, 1.82) is 0 Å². The zero-order chi connectivity index (χ0) is 12.0. The summed E-state index contributed by atoms with van der Waals surface area (Å²) in [7, 11) is 0. The van der Waals surface area contributed by atoms with Gasteiger partial charge in [-0.2, -0.15) is 0 Å². The number of anilines is 1. The molecule has 6 heteroatoms. The van der Waals surface area contributed by atoms with E-state index in [2.05, 4.69) is 15.6 Å². The lowest BCUT2D eigenvalue weighted by molar-refractivity contribution is -0.119. The maximum atomic E-state index is 11.1. The first-order valence-electron chi connectivity index (χ1n) is 4.84. The third-order valence-corrected chi connectivity index (χ3v) is 1.77. The third-order valence-electron chi connectivity index (χ3n) is 1.77. The summed E-state index contributed by atoms with van der Waals surface area (Å²) in [6.07, 6.45) is 0. The van der Waals surface area contributed by atoms with Crippen LogP contribution in [-0.2, 0) is 4.79 Å². The fourth-order valence-corrected chi connectivity index (χ4v) is 1.08. The number of pyridine rings is 1. The molecule has 1 rings (SSSR count). The molecule has 0 aliphatic carbocycles. The molecule has 0 radical (unpaired) electrons. The molecule has 0 unspecified atom stereocenters. The van der Waals surface area contributed by atoms with Crippen LogP contribution in [0.25, 0.3) is 0 Å². The Bertz CT molecular complexity index is 393. The van der Waals surface area contributed by atoms with E-state index in [-0.39, 0.29) is 18.1 Å². The molecule has 0 aliphatic heterocycles. The number of hydrogen-bond donors (Lipinski definition) is 3. The Labute approximate surface area is 92.7 Å². The van der Waals surface area contributed by atoms with E-state index in [0.29, 0.717) is 12.4 Å². The number of aromatic carboxylic acids is 1. The molecule has 0 atom stereocenters. The Hall–Kier alpha value is -2.11. The largest absolute Gasteiger partial charge is 0.477 e. The van der Waals surface area contributed by atoms with Crippen LogP contribution in [0, 0.1) is 0 Å². The topological polar surface area (TPSA) is 91.3 Å². The van der Waals surface area contributed by atoms with Crippen molar-refractivity contribution in [2.24, 2.45) is 0 Å². The Morgan fingerprint density at radius 1 is 1.44 bits per heavy atom. The van der Waals surface area contributed by atoms with Crippen molar-refractivity contribution < 1.29 is 14.7 Å². The molecule has 0 bridgehead atoms. The number of hydrogen-bond acceptors (Lipinski definition) is 4. The van der Waals surface area contributed by atoms with Gasteiger partial charge in [-0.15, -0.1) is 0 Å². The van der Waals surface area contributed by atoms with Crippen molar-refractivity contribution in [1.82, 2.24) is 10.3 Å². The van der Waals surface area contributed by atoms with Crippen molar-refractivity contribution in [3.8, 4) is 0 Å². The van der Waals surface area contributed by atoms with Crippen molar-refractivity contribution in [2.45, 2.75) is 6.92 Å². The van der Waals surface area contributed by atoms with Gasteiger partial charge in [0.2, 0.25) is 5.91 Å². The van der Waals surface area contributed by atoms with Crippen molar-refractivity contribution in [3.05, 3.63) is 23.9 Å². The molecule has 0 aromatic carbocycles. The highest BCUT2D eigenvalue weighted by Crippen LogP contribution is 2.04. The highest BCUT2D eigenvalue weighted by molar-refractivity contribution is 5.86. The Morgan fingerprint density at radius 3 is 2.81 bits per heavy atom. The average Bonchev–Trinajstić information content (AvgIpc) is 2.27. The molecular formula is C10H13N3O3. The molecule has 1 aromatic rings. The first-order chi connectivity index (χ1) is 7.63. The molecule has 0 saturated carbocycles. The van der Waals surface area contributed by atoms with Crippen molar-refractivity contribution in [3.63, 3.8) is 0 Å². The molecule has 6 nitrogen and oxygen atoms in total. The predicted octanol–water partition coefficient (Wildman–Crippen LogP) is 0.328. The van der Waals surface area contributed by atoms with Gasteiger partial charge in [0.1, 0.15) is 5.82 Å². The molecule has 0 spiro atoms. The molecular weight excluding hydrogens is 210 g/mol. The maximum Gasteiger partial charge on any atom is 0.354 e. The Kier molecular flexibility index (Phi) is 4.26. The smallest absolute Gasteiger partial charge is 0.354 e. The second-order valence-corrected chi connectivity index (χ2v) is 3.02. The number of carbonyl (C=O) groups is 2. The molecule has 86 valence electrons.